The Hall–Kier alpha value is -1.30. The number of rotatable bonds is 3. The molecule has 0 aliphatic rings. The second-order valence-corrected chi connectivity index (χ2v) is 6.09. The molecule has 20 heavy (non-hydrogen) atoms. The zero-order valence-electron chi connectivity index (χ0n) is 11.4. The summed E-state index contributed by atoms with van der Waals surface area (Å²) in [5, 5.41) is 12.8. The fourth-order valence-electron chi connectivity index (χ4n) is 1.87. The summed E-state index contributed by atoms with van der Waals surface area (Å²) in [6.07, 6.45) is 1.59. The fraction of sp³-hybridized carbons (Fsp3) is 0.385. The zero-order chi connectivity index (χ0) is 15.1. The highest BCUT2D eigenvalue weighted by Crippen LogP contribution is 2.24. The molecule has 2 aromatic heterocycles. The molecule has 0 saturated carbocycles. The molecule has 0 radical (unpaired) electrons. The molecular formula is C13H15Cl2N3O2. The Labute approximate surface area is 126 Å². The molecule has 5 nitrogen and oxygen atoms in total. The van der Waals surface area contributed by atoms with E-state index in [-0.39, 0.29) is 12.5 Å². The number of carbonyl (C=O) groups excluding carboxylic acids is 1. The van der Waals surface area contributed by atoms with E-state index < -0.39 is 5.54 Å². The summed E-state index contributed by atoms with van der Waals surface area (Å²) in [6.45, 7) is 5.00. The van der Waals surface area contributed by atoms with Gasteiger partial charge < -0.3 is 10.4 Å². The van der Waals surface area contributed by atoms with E-state index in [2.05, 4.69) is 10.3 Å². The molecule has 7 heteroatoms. The lowest BCUT2D eigenvalue weighted by molar-refractivity contribution is 0.0862. The largest absolute Gasteiger partial charge is 0.394 e. The van der Waals surface area contributed by atoms with Gasteiger partial charge in [-0.1, -0.05) is 23.2 Å². The zero-order valence-corrected chi connectivity index (χ0v) is 12.9. The van der Waals surface area contributed by atoms with Crippen LogP contribution in [0.3, 0.4) is 0 Å². The van der Waals surface area contributed by atoms with Crippen molar-refractivity contribution in [2.24, 2.45) is 0 Å². The van der Waals surface area contributed by atoms with E-state index in [0.717, 1.165) is 0 Å². The molecule has 0 aliphatic carbocycles. The number of fused-ring (bicyclic) bond motifs is 1. The molecule has 0 aromatic carbocycles. The highest BCUT2D eigenvalue weighted by Gasteiger charge is 2.24. The standard InChI is InChI=1S/C13H15Cl2N3O2/c1-7-10(12(20)17-13(2,3)6-19)18-5-8(14)4-9(15)11(18)16-7/h4-5,19H,6H2,1-3H3,(H,17,20). The molecule has 0 spiro atoms. The summed E-state index contributed by atoms with van der Waals surface area (Å²) in [7, 11) is 0. The Balaban J connectivity index is 2.54. The van der Waals surface area contributed by atoms with Crippen molar-refractivity contribution >= 4 is 34.8 Å². The van der Waals surface area contributed by atoms with Gasteiger partial charge in [0, 0.05) is 6.20 Å². The number of hydrogen-bond donors (Lipinski definition) is 2. The van der Waals surface area contributed by atoms with Crippen LogP contribution in [-0.2, 0) is 0 Å². The lowest BCUT2D eigenvalue weighted by Gasteiger charge is -2.23. The summed E-state index contributed by atoms with van der Waals surface area (Å²) in [5.41, 5.74) is 0.641. The van der Waals surface area contributed by atoms with Crippen molar-refractivity contribution in [1.29, 1.82) is 0 Å². The first-order valence-corrected chi connectivity index (χ1v) is 6.78. The number of imidazole rings is 1. The van der Waals surface area contributed by atoms with E-state index in [0.29, 0.717) is 27.1 Å². The highest BCUT2D eigenvalue weighted by molar-refractivity contribution is 6.36. The minimum atomic E-state index is -0.726. The molecule has 0 aliphatic heterocycles. The molecule has 0 atom stereocenters. The molecular weight excluding hydrogens is 301 g/mol. The van der Waals surface area contributed by atoms with Gasteiger partial charge in [0.1, 0.15) is 5.69 Å². The third-order valence-electron chi connectivity index (χ3n) is 2.88. The summed E-state index contributed by atoms with van der Waals surface area (Å²) in [4.78, 5) is 16.6. The Morgan fingerprint density at radius 3 is 2.75 bits per heavy atom. The minimum absolute atomic E-state index is 0.171. The van der Waals surface area contributed by atoms with Crippen LogP contribution in [0.1, 0.15) is 30.0 Å². The minimum Gasteiger partial charge on any atom is -0.394 e. The van der Waals surface area contributed by atoms with E-state index in [1.165, 1.54) is 0 Å². The number of aryl methyl sites for hydroxylation is 1. The number of aliphatic hydroxyl groups excluding tert-OH is 1. The molecule has 2 rings (SSSR count). The van der Waals surface area contributed by atoms with Crippen LogP contribution >= 0.6 is 23.2 Å². The van der Waals surface area contributed by atoms with Crippen LogP contribution in [0.25, 0.3) is 5.65 Å². The molecule has 0 fully saturated rings. The van der Waals surface area contributed by atoms with E-state index in [1.54, 1.807) is 37.4 Å². The van der Waals surface area contributed by atoms with E-state index in [9.17, 15) is 9.90 Å². The molecule has 2 aromatic rings. The summed E-state index contributed by atoms with van der Waals surface area (Å²) in [5.74, 6) is -0.340. The number of halogens is 2. The molecule has 0 bridgehead atoms. The number of amides is 1. The van der Waals surface area contributed by atoms with E-state index in [4.69, 9.17) is 23.2 Å². The predicted octanol–water partition coefficient (Wildman–Crippen LogP) is 2.45. The summed E-state index contributed by atoms with van der Waals surface area (Å²) in [6, 6.07) is 1.57. The average Bonchev–Trinajstić information content (AvgIpc) is 2.65. The molecule has 108 valence electrons. The van der Waals surface area contributed by atoms with E-state index >= 15 is 0 Å². The monoisotopic (exact) mass is 315 g/mol. The maximum Gasteiger partial charge on any atom is 0.270 e. The molecule has 0 unspecified atom stereocenters. The second kappa shape index (κ2) is 5.24. The number of nitrogens with one attached hydrogen (secondary N) is 1. The van der Waals surface area contributed by atoms with Gasteiger partial charge in [-0.25, -0.2) is 4.98 Å². The highest BCUT2D eigenvalue weighted by atomic mass is 35.5. The Bertz CT molecular complexity index is 680. The molecule has 0 saturated heterocycles. The first-order chi connectivity index (χ1) is 9.25. The van der Waals surface area contributed by atoms with Crippen LogP contribution in [0.5, 0.6) is 0 Å². The SMILES string of the molecule is Cc1nc2c(Cl)cc(Cl)cn2c1C(=O)NC(C)(C)CO. The average molecular weight is 316 g/mol. The van der Waals surface area contributed by atoms with Crippen molar-refractivity contribution in [3.8, 4) is 0 Å². The molecule has 1 amide bonds. The van der Waals surface area contributed by atoms with Gasteiger partial charge in [-0.05, 0) is 26.8 Å². The maximum atomic E-state index is 12.4. The van der Waals surface area contributed by atoms with Crippen LogP contribution in [0.2, 0.25) is 10.0 Å². The van der Waals surface area contributed by atoms with Gasteiger partial charge in [0.2, 0.25) is 0 Å². The van der Waals surface area contributed by atoms with Gasteiger partial charge >= 0.3 is 0 Å². The summed E-state index contributed by atoms with van der Waals surface area (Å²) >= 11 is 12.0. The van der Waals surface area contributed by atoms with Gasteiger partial charge in [-0.3, -0.25) is 9.20 Å². The van der Waals surface area contributed by atoms with Crippen molar-refractivity contribution in [2.45, 2.75) is 26.3 Å². The van der Waals surface area contributed by atoms with Crippen molar-refractivity contribution in [3.63, 3.8) is 0 Å². The quantitative estimate of drug-likeness (QED) is 0.914. The van der Waals surface area contributed by atoms with Gasteiger partial charge in [0.05, 0.1) is 27.9 Å². The third-order valence-corrected chi connectivity index (χ3v) is 3.36. The number of pyridine rings is 1. The smallest absolute Gasteiger partial charge is 0.270 e. The van der Waals surface area contributed by atoms with Gasteiger partial charge in [0.15, 0.2) is 5.65 Å². The lowest BCUT2D eigenvalue weighted by atomic mass is 10.1. The van der Waals surface area contributed by atoms with Crippen molar-refractivity contribution in [3.05, 3.63) is 33.7 Å². The number of nitrogens with zero attached hydrogens (tertiary/aromatic N) is 2. The summed E-state index contributed by atoms with van der Waals surface area (Å²) < 4.78 is 1.56. The topological polar surface area (TPSA) is 66.6 Å². The van der Waals surface area contributed by atoms with Crippen LogP contribution in [0, 0.1) is 6.92 Å². The Morgan fingerprint density at radius 1 is 1.50 bits per heavy atom. The lowest BCUT2D eigenvalue weighted by Crippen LogP contribution is -2.46. The van der Waals surface area contributed by atoms with Crippen molar-refractivity contribution < 1.29 is 9.90 Å². The van der Waals surface area contributed by atoms with Crippen LogP contribution in [-0.4, -0.2) is 32.5 Å². The second-order valence-electron chi connectivity index (χ2n) is 5.24. The first kappa shape index (κ1) is 15.1. The van der Waals surface area contributed by atoms with Crippen molar-refractivity contribution in [1.82, 2.24) is 14.7 Å². The van der Waals surface area contributed by atoms with E-state index in [1.807, 2.05) is 0 Å². The number of aliphatic hydroxyl groups is 1. The molecule has 2 heterocycles. The number of carbonyl (C=O) groups is 1. The van der Waals surface area contributed by atoms with Crippen LogP contribution < -0.4 is 5.32 Å². The Kier molecular flexibility index (Phi) is 3.95. The first-order valence-electron chi connectivity index (χ1n) is 6.02. The molecule has 2 N–H and O–H groups in total. The maximum absolute atomic E-state index is 12.4. The van der Waals surface area contributed by atoms with Gasteiger partial charge in [0.25, 0.3) is 5.91 Å². The van der Waals surface area contributed by atoms with Crippen LogP contribution in [0.4, 0.5) is 0 Å². The Morgan fingerprint density at radius 2 is 2.15 bits per heavy atom. The van der Waals surface area contributed by atoms with Crippen molar-refractivity contribution in [2.75, 3.05) is 6.61 Å². The number of hydrogen-bond acceptors (Lipinski definition) is 3. The fourth-order valence-corrected chi connectivity index (χ4v) is 2.38. The van der Waals surface area contributed by atoms with Gasteiger partial charge in [-0.15, -0.1) is 0 Å². The normalized spacial score (nSPS) is 11.9. The number of aromatic nitrogens is 2. The van der Waals surface area contributed by atoms with Gasteiger partial charge in [-0.2, -0.15) is 0 Å². The predicted molar refractivity (Wildman–Crippen MR) is 78.6 cm³/mol. The third kappa shape index (κ3) is 2.75. The van der Waals surface area contributed by atoms with Crippen LogP contribution in [0.15, 0.2) is 12.3 Å².